The molecule has 1 aromatic heterocycles. The molecular formula is C25H21BrO4. The molecule has 0 saturated carbocycles. The SMILES string of the molecule is CC(C)c1ccccc1Oc1coc2cc(OCc3ccc(Br)cc3)ccc2c1=O. The molecule has 0 atom stereocenters. The Morgan fingerprint density at radius 1 is 0.967 bits per heavy atom. The molecule has 1 heterocycles. The summed E-state index contributed by atoms with van der Waals surface area (Å²) in [5.74, 6) is 1.74. The number of para-hydroxylation sites is 1. The summed E-state index contributed by atoms with van der Waals surface area (Å²) in [6.45, 7) is 4.60. The second-order valence-electron chi connectivity index (χ2n) is 7.30. The van der Waals surface area contributed by atoms with E-state index in [0.717, 1.165) is 15.6 Å². The molecule has 0 aliphatic rings. The van der Waals surface area contributed by atoms with Gasteiger partial charge in [0.2, 0.25) is 11.2 Å². The van der Waals surface area contributed by atoms with Gasteiger partial charge in [-0.25, -0.2) is 0 Å². The van der Waals surface area contributed by atoms with Crippen molar-refractivity contribution in [2.75, 3.05) is 0 Å². The molecule has 5 heteroatoms. The molecule has 0 N–H and O–H groups in total. The third kappa shape index (κ3) is 4.41. The maximum atomic E-state index is 12.9. The van der Waals surface area contributed by atoms with Crippen LogP contribution in [0.5, 0.6) is 17.2 Å². The molecule has 0 aliphatic heterocycles. The van der Waals surface area contributed by atoms with Crippen LogP contribution in [0.3, 0.4) is 0 Å². The summed E-state index contributed by atoms with van der Waals surface area (Å²) < 4.78 is 18.5. The molecule has 0 saturated heterocycles. The molecule has 4 nitrogen and oxygen atoms in total. The number of fused-ring (bicyclic) bond motifs is 1. The van der Waals surface area contributed by atoms with E-state index in [0.29, 0.717) is 29.1 Å². The summed E-state index contributed by atoms with van der Waals surface area (Å²) in [7, 11) is 0. The lowest BCUT2D eigenvalue weighted by atomic mass is 10.0. The van der Waals surface area contributed by atoms with Crippen molar-refractivity contribution in [1.82, 2.24) is 0 Å². The minimum atomic E-state index is -0.214. The van der Waals surface area contributed by atoms with Crippen LogP contribution in [-0.4, -0.2) is 0 Å². The Balaban J connectivity index is 1.57. The van der Waals surface area contributed by atoms with Gasteiger partial charge < -0.3 is 13.9 Å². The van der Waals surface area contributed by atoms with Crippen molar-refractivity contribution in [2.45, 2.75) is 26.4 Å². The summed E-state index contributed by atoms with van der Waals surface area (Å²) in [5.41, 5.74) is 2.33. The van der Waals surface area contributed by atoms with E-state index in [1.165, 1.54) is 6.26 Å². The first kappa shape index (κ1) is 20.2. The Morgan fingerprint density at radius 2 is 1.73 bits per heavy atom. The first-order valence-electron chi connectivity index (χ1n) is 9.71. The van der Waals surface area contributed by atoms with Crippen molar-refractivity contribution in [1.29, 1.82) is 0 Å². The summed E-state index contributed by atoms with van der Waals surface area (Å²) in [4.78, 5) is 12.9. The van der Waals surface area contributed by atoms with E-state index in [4.69, 9.17) is 13.9 Å². The first-order chi connectivity index (χ1) is 14.5. The summed E-state index contributed by atoms with van der Waals surface area (Å²) in [6, 6.07) is 20.8. The highest BCUT2D eigenvalue weighted by Crippen LogP contribution is 2.30. The third-order valence-electron chi connectivity index (χ3n) is 4.79. The molecule has 0 unspecified atom stereocenters. The van der Waals surface area contributed by atoms with Crippen molar-refractivity contribution < 1.29 is 13.9 Å². The van der Waals surface area contributed by atoms with Gasteiger partial charge in [-0.15, -0.1) is 0 Å². The molecule has 0 spiro atoms. The van der Waals surface area contributed by atoms with Crippen molar-refractivity contribution in [2.24, 2.45) is 0 Å². The predicted molar refractivity (Wildman–Crippen MR) is 122 cm³/mol. The van der Waals surface area contributed by atoms with Crippen molar-refractivity contribution in [3.05, 3.63) is 98.8 Å². The van der Waals surface area contributed by atoms with Gasteiger partial charge in [0.15, 0.2) is 0 Å². The zero-order valence-electron chi connectivity index (χ0n) is 16.7. The van der Waals surface area contributed by atoms with Crippen molar-refractivity contribution >= 4 is 26.9 Å². The van der Waals surface area contributed by atoms with Gasteiger partial charge in [0, 0.05) is 10.5 Å². The van der Waals surface area contributed by atoms with E-state index < -0.39 is 0 Å². The van der Waals surface area contributed by atoms with Gasteiger partial charge >= 0.3 is 0 Å². The van der Waals surface area contributed by atoms with Crippen LogP contribution in [0, 0.1) is 0 Å². The van der Waals surface area contributed by atoms with Crippen LogP contribution in [0.25, 0.3) is 11.0 Å². The molecular weight excluding hydrogens is 444 g/mol. The second kappa shape index (κ2) is 8.76. The Bertz CT molecular complexity index is 1230. The van der Waals surface area contributed by atoms with E-state index >= 15 is 0 Å². The van der Waals surface area contributed by atoms with Gasteiger partial charge in [0.1, 0.15) is 30.0 Å². The summed E-state index contributed by atoms with van der Waals surface area (Å²) in [6.07, 6.45) is 1.36. The van der Waals surface area contributed by atoms with E-state index in [9.17, 15) is 4.79 Å². The lowest BCUT2D eigenvalue weighted by molar-refractivity contribution is 0.306. The fourth-order valence-electron chi connectivity index (χ4n) is 3.17. The number of hydrogen-bond donors (Lipinski definition) is 0. The van der Waals surface area contributed by atoms with Crippen LogP contribution in [0.1, 0.15) is 30.9 Å². The smallest absolute Gasteiger partial charge is 0.235 e. The molecule has 30 heavy (non-hydrogen) atoms. The van der Waals surface area contributed by atoms with Crippen LogP contribution >= 0.6 is 15.9 Å². The van der Waals surface area contributed by atoms with E-state index in [2.05, 4.69) is 29.8 Å². The number of halogens is 1. The monoisotopic (exact) mass is 464 g/mol. The molecule has 0 aliphatic carbocycles. The standard InChI is InChI=1S/C25H21BrO4/c1-16(2)20-5-3-4-6-22(20)30-24-15-29-23-13-19(11-12-21(23)25(24)27)28-14-17-7-9-18(26)10-8-17/h3-13,15-16H,14H2,1-2H3. The molecule has 4 aromatic rings. The molecule has 3 aromatic carbocycles. The molecule has 152 valence electrons. The minimum absolute atomic E-state index is 0.166. The summed E-state index contributed by atoms with van der Waals surface area (Å²) in [5, 5.41) is 0.450. The number of rotatable bonds is 6. The third-order valence-corrected chi connectivity index (χ3v) is 5.32. The normalized spacial score (nSPS) is 11.1. The maximum absolute atomic E-state index is 12.9. The van der Waals surface area contributed by atoms with Gasteiger partial charge in [-0.1, -0.05) is 60.1 Å². The lowest BCUT2D eigenvalue weighted by Crippen LogP contribution is -2.06. The highest BCUT2D eigenvalue weighted by Gasteiger charge is 2.13. The van der Waals surface area contributed by atoms with Crippen LogP contribution in [0.2, 0.25) is 0 Å². The number of ether oxygens (including phenoxy) is 2. The maximum Gasteiger partial charge on any atom is 0.235 e. The Labute approximate surface area is 183 Å². The fourth-order valence-corrected chi connectivity index (χ4v) is 3.43. The fraction of sp³-hybridized carbons (Fsp3) is 0.160. The van der Waals surface area contributed by atoms with Crippen LogP contribution in [0.15, 0.2) is 86.7 Å². The average Bonchev–Trinajstić information content (AvgIpc) is 2.75. The molecule has 0 radical (unpaired) electrons. The van der Waals surface area contributed by atoms with Crippen LogP contribution in [-0.2, 0) is 6.61 Å². The van der Waals surface area contributed by atoms with Gasteiger partial charge in [-0.2, -0.15) is 0 Å². The second-order valence-corrected chi connectivity index (χ2v) is 8.21. The van der Waals surface area contributed by atoms with Gasteiger partial charge in [-0.3, -0.25) is 4.79 Å². The average molecular weight is 465 g/mol. The number of hydrogen-bond acceptors (Lipinski definition) is 4. The van der Waals surface area contributed by atoms with Gasteiger partial charge in [0.05, 0.1) is 5.39 Å². The predicted octanol–water partition coefficient (Wildman–Crippen LogP) is 7.05. The zero-order chi connectivity index (χ0) is 21.1. The van der Waals surface area contributed by atoms with E-state index in [1.54, 1.807) is 18.2 Å². The van der Waals surface area contributed by atoms with Gasteiger partial charge in [0.25, 0.3) is 0 Å². The zero-order valence-corrected chi connectivity index (χ0v) is 18.3. The Morgan fingerprint density at radius 3 is 2.50 bits per heavy atom. The molecule has 0 bridgehead atoms. The number of benzene rings is 3. The van der Waals surface area contributed by atoms with E-state index in [-0.39, 0.29) is 17.1 Å². The Hall–Kier alpha value is -3.05. The lowest BCUT2D eigenvalue weighted by Gasteiger charge is -2.13. The minimum Gasteiger partial charge on any atom is -0.489 e. The van der Waals surface area contributed by atoms with Crippen molar-refractivity contribution in [3.8, 4) is 17.2 Å². The highest BCUT2D eigenvalue weighted by atomic mass is 79.9. The first-order valence-corrected chi connectivity index (χ1v) is 10.5. The van der Waals surface area contributed by atoms with Gasteiger partial charge in [-0.05, 0) is 47.4 Å². The largest absolute Gasteiger partial charge is 0.489 e. The molecule has 4 rings (SSSR count). The highest BCUT2D eigenvalue weighted by molar-refractivity contribution is 9.10. The van der Waals surface area contributed by atoms with Crippen LogP contribution in [0.4, 0.5) is 0 Å². The Kier molecular flexibility index (Phi) is 5.91. The van der Waals surface area contributed by atoms with Crippen LogP contribution < -0.4 is 14.9 Å². The van der Waals surface area contributed by atoms with E-state index in [1.807, 2.05) is 48.5 Å². The quantitative estimate of drug-likeness (QED) is 0.306. The topological polar surface area (TPSA) is 48.7 Å². The summed E-state index contributed by atoms with van der Waals surface area (Å²) >= 11 is 3.42. The molecule has 0 fully saturated rings. The molecule has 0 amide bonds. The van der Waals surface area contributed by atoms with Crippen molar-refractivity contribution in [3.63, 3.8) is 0 Å².